The van der Waals surface area contributed by atoms with E-state index in [1.807, 2.05) is 6.92 Å². The molecule has 0 radical (unpaired) electrons. The zero-order valence-corrected chi connectivity index (χ0v) is 5.82. The van der Waals surface area contributed by atoms with Crippen LogP contribution in [-0.2, 0) is 4.74 Å². The molecule has 0 bridgehead atoms. The van der Waals surface area contributed by atoms with E-state index >= 15 is 0 Å². The molecule has 0 N–H and O–H groups in total. The quantitative estimate of drug-likeness (QED) is 0.553. The Hall–Kier alpha value is -0.0400. The highest BCUT2D eigenvalue weighted by Crippen LogP contribution is 2.12. The van der Waals surface area contributed by atoms with Gasteiger partial charge in [0, 0.05) is 10.7 Å². The van der Waals surface area contributed by atoms with Crippen molar-refractivity contribution in [2.45, 2.75) is 39.6 Å². The minimum absolute atomic E-state index is 0.105. The smallest absolute Gasteiger partial charge is 0.0623 e. The lowest BCUT2D eigenvalue weighted by Gasteiger charge is -2.21. The summed E-state index contributed by atoms with van der Waals surface area (Å²) in [5.74, 6) is 0. The molecule has 0 aromatic heterocycles. The van der Waals surface area contributed by atoms with Crippen LogP contribution < -0.4 is 0 Å². The SMILES string of the molecule is [2H]C([2H])([2H])CC(C)(C)OCC. The lowest BCUT2D eigenvalue weighted by molar-refractivity contribution is -0.0124. The molecule has 0 aliphatic rings. The average molecular weight is 119 g/mol. The molecule has 0 amide bonds. The predicted molar refractivity (Wildman–Crippen MR) is 36.0 cm³/mol. The van der Waals surface area contributed by atoms with E-state index in [0.29, 0.717) is 6.61 Å². The lowest BCUT2D eigenvalue weighted by Crippen LogP contribution is -2.22. The van der Waals surface area contributed by atoms with E-state index in [1.54, 1.807) is 13.8 Å². The molecular formula is C7H16O. The molecule has 0 saturated carbocycles. The average Bonchev–Trinajstić information content (AvgIpc) is 1.55. The topological polar surface area (TPSA) is 9.23 Å². The van der Waals surface area contributed by atoms with Crippen LogP contribution in [0.4, 0.5) is 0 Å². The zero-order chi connectivity index (χ0) is 9.12. The maximum atomic E-state index is 7.02. The van der Waals surface area contributed by atoms with Gasteiger partial charge in [-0.1, -0.05) is 6.85 Å². The van der Waals surface area contributed by atoms with Crippen molar-refractivity contribution in [1.29, 1.82) is 0 Å². The molecular weight excluding hydrogens is 100 g/mol. The Morgan fingerprint density at radius 2 is 2.25 bits per heavy atom. The Labute approximate surface area is 56.3 Å². The second-order valence-electron chi connectivity index (χ2n) is 2.37. The third-order valence-electron chi connectivity index (χ3n) is 0.961. The first kappa shape index (κ1) is 3.89. The Balaban J connectivity index is 3.91. The molecule has 0 atom stereocenters. The summed E-state index contributed by atoms with van der Waals surface area (Å²) in [4.78, 5) is 0. The fourth-order valence-electron chi connectivity index (χ4n) is 0.442. The summed E-state index contributed by atoms with van der Waals surface area (Å²) in [5.41, 5.74) is -0.528. The Morgan fingerprint density at radius 3 is 2.62 bits per heavy atom. The van der Waals surface area contributed by atoms with Gasteiger partial charge in [0.1, 0.15) is 0 Å². The summed E-state index contributed by atoms with van der Waals surface area (Å²) in [7, 11) is 0. The zero-order valence-electron chi connectivity index (χ0n) is 8.82. The van der Waals surface area contributed by atoms with Crippen LogP contribution in [0.5, 0.6) is 0 Å². The van der Waals surface area contributed by atoms with Gasteiger partial charge in [0.2, 0.25) is 0 Å². The van der Waals surface area contributed by atoms with Crippen molar-refractivity contribution in [2.75, 3.05) is 6.61 Å². The molecule has 8 heavy (non-hydrogen) atoms. The summed E-state index contributed by atoms with van der Waals surface area (Å²) in [5, 5.41) is 0. The summed E-state index contributed by atoms with van der Waals surface area (Å²) in [6.45, 7) is 4.12. The van der Waals surface area contributed by atoms with Crippen LogP contribution in [0.25, 0.3) is 0 Å². The van der Waals surface area contributed by atoms with Crippen LogP contribution in [0.3, 0.4) is 0 Å². The third-order valence-corrected chi connectivity index (χ3v) is 0.961. The molecule has 0 aromatic carbocycles. The van der Waals surface area contributed by atoms with Gasteiger partial charge in [0.25, 0.3) is 0 Å². The molecule has 1 heteroatoms. The minimum Gasteiger partial charge on any atom is -0.376 e. The van der Waals surface area contributed by atoms with Gasteiger partial charge >= 0.3 is 0 Å². The maximum Gasteiger partial charge on any atom is 0.0623 e. The molecule has 0 heterocycles. The van der Waals surface area contributed by atoms with E-state index in [2.05, 4.69) is 0 Å². The van der Waals surface area contributed by atoms with Gasteiger partial charge in [-0.3, -0.25) is 0 Å². The molecule has 0 aromatic rings. The molecule has 0 aliphatic heterocycles. The van der Waals surface area contributed by atoms with Gasteiger partial charge in [-0.15, -0.1) is 0 Å². The van der Waals surface area contributed by atoms with Crippen LogP contribution in [-0.4, -0.2) is 12.2 Å². The fraction of sp³-hybridized carbons (Fsp3) is 1.00. The van der Waals surface area contributed by atoms with Crippen molar-refractivity contribution >= 4 is 0 Å². The first-order valence-electron chi connectivity index (χ1n) is 4.41. The van der Waals surface area contributed by atoms with Crippen LogP contribution in [0.1, 0.15) is 38.2 Å². The number of hydrogen-bond acceptors (Lipinski definition) is 1. The molecule has 0 saturated heterocycles. The highest BCUT2D eigenvalue weighted by atomic mass is 16.5. The van der Waals surface area contributed by atoms with E-state index < -0.39 is 12.5 Å². The molecule has 0 aliphatic carbocycles. The number of rotatable bonds is 3. The third kappa shape index (κ3) is 3.03. The minimum atomic E-state index is -1.89. The second kappa shape index (κ2) is 3.08. The van der Waals surface area contributed by atoms with E-state index in [0.717, 1.165) is 0 Å². The Kier molecular flexibility index (Phi) is 1.50. The van der Waals surface area contributed by atoms with Crippen molar-refractivity contribution in [2.24, 2.45) is 0 Å². The second-order valence-corrected chi connectivity index (χ2v) is 2.37. The van der Waals surface area contributed by atoms with Gasteiger partial charge in [0.15, 0.2) is 0 Å². The van der Waals surface area contributed by atoms with E-state index in [-0.39, 0.29) is 6.42 Å². The maximum absolute atomic E-state index is 7.02. The number of hydrogen-bond donors (Lipinski definition) is 0. The van der Waals surface area contributed by atoms with Gasteiger partial charge in [0.05, 0.1) is 5.60 Å². The summed E-state index contributed by atoms with van der Waals surface area (Å²) in [6.07, 6.45) is 0.105. The van der Waals surface area contributed by atoms with Crippen molar-refractivity contribution in [3.05, 3.63) is 0 Å². The molecule has 1 nitrogen and oxygen atoms in total. The van der Waals surface area contributed by atoms with Crippen molar-refractivity contribution < 1.29 is 8.85 Å². The van der Waals surface area contributed by atoms with Crippen molar-refractivity contribution in [3.63, 3.8) is 0 Å². The van der Waals surface area contributed by atoms with Gasteiger partial charge in [-0.05, 0) is 27.2 Å². The lowest BCUT2D eigenvalue weighted by atomic mass is 10.1. The highest BCUT2D eigenvalue weighted by Gasteiger charge is 2.12. The summed E-state index contributed by atoms with van der Waals surface area (Å²) >= 11 is 0. The standard InChI is InChI=1S/C7H16O/c1-5-7(3,4)8-6-2/h5-6H2,1-4H3/i1D3. The van der Waals surface area contributed by atoms with Gasteiger partial charge in [-0.25, -0.2) is 0 Å². The van der Waals surface area contributed by atoms with Crippen LogP contribution >= 0.6 is 0 Å². The largest absolute Gasteiger partial charge is 0.376 e. The van der Waals surface area contributed by atoms with Gasteiger partial charge in [-0.2, -0.15) is 0 Å². The van der Waals surface area contributed by atoms with Crippen LogP contribution in [0, 0.1) is 0 Å². The molecule has 0 rings (SSSR count). The molecule has 0 unspecified atom stereocenters. The first-order valence-corrected chi connectivity index (χ1v) is 2.91. The van der Waals surface area contributed by atoms with Crippen LogP contribution in [0.2, 0.25) is 0 Å². The fourth-order valence-corrected chi connectivity index (χ4v) is 0.442. The molecule has 0 spiro atoms. The van der Waals surface area contributed by atoms with Crippen molar-refractivity contribution in [3.8, 4) is 0 Å². The Bertz CT molecular complexity index is 117. The Morgan fingerprint density at radius 1 is 1.62 bits per heavy atom. The normalized spacial score (nSPS) is 19.1. The summed E-state index contributed by atoms with van der Waals surface area (Å²) in [6, 6.07) is 0. The predicted octanol–water partition coefficient (Wildman–Crippen LogP) is 2.21. The number of ether oxygens (including phenoxy) is 1. The molecule has 0 fully saturated rings. The van der Waals surface area contributed by atoms with E-state index in [9.17, 15) is 0 Å². The monoisotopic (exact) mass is 119 g/mol. The van der Waals surface area contributed by atoms with Crippen LogP contribution in [0.15, 0.2) is 0 Å². The van der Waals surface area contributed by atoms with Gasteiger partial charge < -0.3 is 4.74 Å². The first-order chi connectivity index (χ1) is 4.77. The van der Waals surface area contributed by atoms with E-state index in [4.69, 9.17) is 8.85 Å². The van der Waals surface area contributed by atoms with E-state index in [1.165, 1.54) is 0 Å². The highest BCUT2D eigenvalue weighted by molar-refractivity contribution is 4.63. The van der Waals surface area contributed by atoms with Crippen molar-refractivity contribution in [1.82, 2.24) is 0 Å². The summed E-state index contributed by atoms with van der Waals surface area (Å²) < 4.78 is 26.3. The molecule has 50 valence electrons.